The van der Waals surface area contributed by atoms with E-state index in [4.69, 9.17) is 23.2 Å². The van der Waals surface area contributed by atoms with Crippen LogP contribution in [0.3, 0.4) is 0 Å². The number of rotatable bonds is 3. The fraction of sp³-hybridized carbons (Fsp3) is 0.750. The minimum absolute atomic E-state index is 0.462. The molecule has 0 aromatic rings. The zero-order valence-electron chi connectivity index (χ0n) is 6.82. The first-order valence-corrected chi connectivity index (χ1v) is 4.56. The quantitative estimate of drug-likeness (QED) is 0.728. The van der Waals surface area contributed by atoms with E-state index in [0.29, 0.717) is 23.0 Å². The van der Waals surface area contributed by atoms with Gasteiger partial charge >= 0.3 is 0 Å². The second kappa shape index (κ2) is 3.34. The Bertz CT molecular complexity index is 175. The molecule has 1 N–H and O–H groups in total. The summed E-state index contributed by atoms with van der Waals surface area (Å²) in [5, 5.41) is 3.99. The molecule has 3 heteroatoms. The van der Waals surface area contributed by atoms with Crippen LogP contribution in [0.25, 0.3) is 0 Å². The van der Waals surface area contributed by atoms with E-state index in [0.717, 1.165) is 0 Å². The third-order valence-electron chi connectivity index (χ3n) is 2.15. The summed E-state index contributed by atoms with van der Waals surface area (Å²) in [6.07, 6.45) is 1.24. The molecule has 0 spiro atoms. The van der Waals surface area contributed by atoms with Gasteiger partial charge < -0.3 is 5.32 Å². The van der Waals surface area contributed by atoms with Crippen LogP contribution in [0.15, 0.2) is 10.6 Å². The fourth-order valence-corrected chi connectivity index (χ4v) is 1.23. The van der Waals surface area contributed by atoms with Crippen LogP contribution in [0.5, 0.6) is 0 Å². The van der Waals surface area contributed by atoms with Crippen molar-refractivity contribution >= 4 is 23.2 Å². The van der Waals surface area contributed by atoms with Crippen molar-refractivity contribution in [3.05, 3.63) is 10.6 Å². The molecule has 0 heterocycles. The van der Waals surface area contributed by atoms with Crippen molar-refractivity contribution in [2.45, 2.75) is 26.3 Å². The SMILES string of the molecule is CC1(C)CC1NCC(Cl)=CCl. The van der Waals surface area contributed by atoms with Crippen LogP contribution in [-0.4, -0.2) is 12.6 Å². The summed E-state index contributed by atoms with van der Waals surface area (Å²) in [5.41, 5.74) is 1.87. The van der Waals surface area contributed by atoms with E-state index >= 15 is 0 Å². The topological polar surface area (TPSA) is 12.0 Å². The molecule has 0 aliphatic heterocycles. The Kier molecular flexibility index (Phi) is 2.84. The van der Waals surface area contributed by atoms with Crippen molar-refractivity contribution in [1.29, 1.82) is 0 Å². The van der Waals surface area contributed by atoms with Crippen molar-refractivity contribution in [3.8, 4) is 0 Å². The molecule has 1 aliphatic rings. The molecule has 1 rings (SSSR count). The van der Waals surface area contributed by atoms with Crippen molar-refractivity contribution in [3.63, 3.8) is 0 Å². The van der Waals surface area contributed by atoms with Gasteiger partial charge in [-0.1, -0.05) is 37.0 Å². The summed E-state index contributed by atoms with van der Waals surface area (Å²) in [4.78, 5) is 0. The number of nitrogens with one attached hydrogen (secondary N) is 1. The highest BCUT2D eigenvalue weighted by Gasteiger charge is 2.44. The third-order valence-corrected chi connectivity index (χ3v) is 2.77. The lowest BCUT2D eigenvalue weighted by atomic mass is 10.2. The van der Waals surface area contributed by atoms with E-state index in [-0.39, 0.29) is 0 Å². The first kappa shape index (κ1) is 9.37. The highest BCUT2D eigenvalue weighted by molar-refractivity contribution is 6.36. The van der Waals surface area contributed by atoms with Gasteiger partial charge in [-0.15, -0.1) is 0 Å². The molecule has 1 saturated carbocycles. The number of hydrogen-bond acceptors (Lipinski definition) is 1. The van der Waals surface area contributed by atoms with E-state index in [9.17, 15) is 0 Å². The molecule has 1 unspecified atom stereocenters. The Balaban J connectivity index is 2.16. The van der Waals surface area contributed by atoms with Crippen LogP contribution in [0.2, 0.25) is 0 Å². The minimum Gasteiger partial charge on any atom is -0.308 e. The van der Waals surface area contributed by atoms with Gasteiger partial charge in [0.15, 0.2) is 0 Å². The predicted octanol–water partition coefficient (Wildman–Crippen LogP) is 2.69. The van der Waals surface area contributed by atoms with Gasteiger partial charge in [-0.25, -0.2) is 0 Å². The summed E-state index contributed by atoms with van der Waals surface area (Å²) < 4.78 is 0. The van der Waals surface area contributed by atoms with Crippen molar-refractivity contribution in [2.24, 2.45) is 5.41 Å². The molecule has 0 bridgehead atoms. The molecule has 0 aromatic heterocycles. The maximum absolute atomic E-state index is 5.70. The van der Waals surface area contributed by atoms with E-state index in [1.807, 2.05) is 0 Å². The lowest BCUT2D eigenvalue weighted by Gasteiger charge is -2.04. The summed E-state index contributed by atoms with van der Waals surface area (Å²) in [6.45, 7) is 5.17. The standard InChI is InChI=1S/C8H13Cl2N/c1-8(2)3-7(8)11-5-6(10)4-9/h4,7,11H,3,5H2,1-2H3. The van der Waals surface area contributed by atoms with Gasteiger partial charge in [0.25, 0.3) is 0 Å². The molecule has 1 fully saturated rings. The Morgan fingerprint density at radius 1 is 1.73 bits per heavy atom. The molecule has 0 radical (unpaired) electrons. The monoisotopic (exact) mass is 193 g/mol. The largest absolute Gasteiger partial charge is 0.308 e. The van der Waals surface area contributed by atoms with Crippen molar-refractivity contribution < 1.29 is 0 Å². The normalized spacial score (nSPS) is 28.7. The van der Waals surface area contributed by atoms with E-state index in [1.54, 1.807) is 0 Å². The second-order valence-corrected chi connectivity index (χ2v) is 4.39. The molecule has 64 valence electrons. The van der Waals surface area contributed by atoms with E-state index in [1.165, 1.54) is 12.0 Å². The first-order chi connectivity index (χ1) is 5.06. The zero-order chi connectivity index (χ0) is 8.48. The van der Waals surface area contributed by atoms with E-state index < -0.39 is 0 Å². The van der Waals surface area contributed by atoms with Gasteiger partial charge in [0, 0.05) is 23.2 Å². The van der Waals surface area contributed by atoms with Gasteiger partial charge in [0.05, 0.1) is 0 Å². The Labute approximate surface area is 77.8 Å². The highest BCUT2D eigenvalue weighted by Crippen LogP contribution is 2.44. The lowest BCUT2D eigenvalue weighted by molar-refractivity contribution is 0.560. The predicted molar refractivity (Wildman–Crippen MR) is 50.0 cm³/mol. The zero-order valence-corrected chi connectivity index (χ0v) is 8.34. The molecule has 0 aromatic carbocycles. The van der Waals surface area contributed by atoms with Crippen molar-refractivity contribution in [1.82, 2.24) is 5.32 Å². The average Bonchev–Trinajstić information content (AvgIpc) is 2.54. The average molecular weight is 194 g/mol. The maximum atomic E-state index is 5.70. The van der Waals surface area contributed by atoms with Gasteiger partial charge in [-0.05, 0) is 11.8 Å². The highest BCUT2D eigenvalue weighted by atomic mass is 35.5. The number of hydrogen-bond donors (Lipinski definition) is 1. The smallest absolute Gasteiger partial charge is 0.0432 e. The van der Waals surface area contributed by atoms with Crippen LogP contribution in [0.1, 0.15) is 20.3 Å². The molecule has 0 amide bonds. The summed E-state index contributed by atoms with van der Waals surface area (Å²) >= 11 is 11.1. The Morgan fingerprint density at radius 2 is 2.27 bits per heavy atom. The first-order valence-electron chi connectivity index (χ1n) is 3.74. The molecular weight excluding hydrogens is 181 g/mol. The van der Waals surface area contributed by atoms with Crippen LogP contribution in [-0.2, 0) is 0 Å². The van der Waals surface area contributed by atoms with Gasteiger partial charge in [-0.2, -0.15) is 0 Å². The molecule has 1 nitrogen and oxygen atoms in total. The Hall–Kier alpha value is 0.280. The van der Waals surface area contributed by atoms with Crippen LogP contribution in [0, 0.1) is 5.41 Å². The minimum atomic E-state index is 0.462. The van der Waals surface area contributed by atoms with Crippen molar-refractivity contribution in [2.75, 3.05) is 6.54 Å². The van der Waals surface area contributed by atoms with Gasteiger partial charge in [0.1, 0.15) is 0 Å². The Morgan fingerprint density at radius 3 is 2.64 bits per heavy atom. The molecule has 1 aliphatic carbocycles. The molecule has 1 atom stereocenters. The molecular formula is C8H13Cl2N. The van der Waals surface area contributed by atoms with Gasteiger partial charge in [0.2, 0.25) is 0 Å². The summed E-state index contributed by atoms with van der Waals surface area (Å²) in [7, 11) is 0. The summed E-state index contributed by atoms with van der Waals surface area (Å²) in [5.74, 6) is 0. The molecule has 0 saturated heterocycles. The van der Waals surface area contributed by atoms with Crippen LogP contribution in [0.4, 0.5) is 0 Å². The van der Waals surface area contributed by atoms with E-state index in [2.05, 4.69) is 19.2 Å². The third kappa shape index (κ3) is 2.66. The molecule has 11 heavy (non-hydrogen) atoms. The van der Waals surface area contributed by atoms with Gasteiger partial charge in [-0.3, -0.25) is 0 Å². The van der Waals surface area contributed by atoms with Crippen LogP contribution < -0.4 is 5.32 Å². The fourth-order valence-electron chi connectivity index (χ4n) is 1.07. The lowest BCUT2D eigenvalue weighted by Crippen LogP contribution is -2.21. The summed E-state index contributed by atoms with van der Waals surface area (Å²) in [6, 6.07) is 0.618. The number of halogens is 2. The van der Waals surface area contributed by atoms with Crippen LogP contribution >= 0.6 is 23.2 Å². The maximum Gasteiger partial charge on any atom is 0.0432 e. The second-order valence-electron chi connectivity index (χ2n) is 3.68.